The third kappa shape index (κ3) is 4.82. The molecule has 0 saturated carbocycles. The summed E-state index contributed by atoms with van der Waals surface area (Å²) in [5, 5.41) is 2.57. The van der Waals surface area contributed by atoms with Crippen LogP contribution in [0.25, 0.3) is 0 Å². The number of nitrogens with one attached hydrogen (secondary N) is 2. The molecule has 140 valence electrons. The fraction of sp³-hybridized carbons (Fsp3) is 0.312. The summed E-state index contributed by atoms with van der Waals surface area (Å²) in [5.74, 6) is -0.0222. The number of hydrogen-bond acceptors (Lipinski definition) is 7. The van der Waals surface area contributed by atoms with Gasteiger partial charge in [-0.1, -0.05) is 6.92 Å². The number of methoxy groups -OCH3 is 1. The molecule has 0 aliphatic carbocycles. The first-order chi connectivity index (χ1) is 12.4. The lowest BCUT2D eigenvalue weighted by Gasteiger charge is -2.13. The minimum atomic E-state index is -3.92. The smallest absolute Gasteiger partial charge is 0.263 e. The van der Waals surface area contributed by atoms with Crippen LogP contribution < -0.4 is 19.5 Å². The number of carbonyl (C=O) groups is 1. The van der Waals surface area contributed by atoms with Crippen LogP contribution in [0.1, 0.15) is 20.3 Å². The first-order valence-corrected chi connectivity index (χ1v) is 9.28. The topological polar surface area (TPSA) is 120 Å². The van der Waals surface area contributed by atoms with Gasteiger partial charge in [-0.3, -0.25) is 9.52 Å². The van der Waals surface area contributed by atoms with E-state index in [9.17, 15) is 13.2 Å². The van der Waals surface area contributed by atoms with Crippen LogP contribution in [-0.2, 0) is 14.8 Å². The number of carbonyl (C=O) groups excluding carboxylic acids is 1. The van der Waals surface area contributed by atoms with Gasteiger partial charge in [0.2, 0.25) is 11.7 Å². The number of benzene rings is 1. The predicted octanol–water partition coefficient (Wildman–Crippen LogP) is 2.03. The second-order valence-corrected chi connectivity index (χ2v) is 6.90. The van der Waals surface area contributed by atoms with Gasteiger partial charge in [0.15, 0.2) is 5.82 Å². The Kier molecular flexibility index (Phi) is 6.34. The molecule has 1 heterocycles. The largest absolute Gasteiger partial charge is 0.489 e. The van der Waals surface area contributed by atoms with E-state index in [4.69, 9.17) is 9.47 Å². The van der Waals surface area contributed by atoms with Crippen molar-refractivity contribution in [1.29, 1.82) is 0 Å². The van der Waals surface area contributed by atoms with Gasteiger partial charge in [0, 0.05) is 12.6 Å². The number of nitrogens with zero attached hydrogens (tertiary/aromatic N) is 2. The molecule has 0 unspecified atom stereocenters. The number of sulfonamides is 1. The second-order valence-electron chi connectivity index (χ2n) is 5.22. The highest BCUT2D eigenvalue weighted by Crippen LogP contribution is 2.32. The van der Waals surface area contributed by atoms with Crippen LogP contribution in [0.5, 0.6) is 11.6 Å². The monoisotopic (exact) mass is 380 g/mol. The summed E-state index contributed by atoms with van der Waals surface area (Å²) in [6, 6.07) is 5.72. The molecule has 9 nitrogen and oxygen atoms in total. The maximum absolute atomic E-state index is 12.6. The van der Waals surface area contributed by atoms with Crippen LogP contribution in [0.3, 0.4) is 0 Å². The lowest BCUT2D eigenvalue weighted by molar-refractivity contribution is -0.114. The molecule has 2 rings (SSSR count). The molecule has 0 saturated heterocycles. The molecule has 0 fully saturated rings. The van der Waals surface area contributed by atoms with Gasteiger partial charge in [0.1, 0.15) is 6.33 Å². The van der Waals surface area contributed by atoms with Gasteiger partial charge in [0.05, 0.1) is 18.6 Å². The van der Waals surface area contributed by atoms with E-state index in [0.29, 0.717) is 12.3 Å². The summed E-state index contributed by atoms with van der Waals surface area (Å²) in [4.78, 5) is 18.9. The van der Waals surface area contributed by atoms with Gasteiger partial charge in [-0.15, -0.1) is 0 Å². The molecule has 10 heteroatoms. The molecule has 0 radical (unpaired) electrons. The SMILES string of the molecule is CCCOc1ncnc(NS(=O)(=O)c2ccc(NC(C)=O)cc2)c1OC. The van der Waals surface area contributed by atoms with Crippen LogP contribution >= 0.6 is 0 Å². The van der Waals surface area contributed by atoms with Crippen molar-refractivity contribution in [2.45, 2.75) is 25.2 Å². The van der Waals surface area contributed by atoms with Crippen LogP contribution in [0.15, 0.2) is 35.5 Å². The number of hydrogen-bond donors (Lipinski definition) is 2. The van der Waals surface area contributed by atoms with Gasteiger partial charge < -0.3 is 14.8 Å². The number of ether oxygens (including phenoxy) is 2. The molecule has 0 bridgehead atoms. The van der Waals surface area contributed by atoms with Crippen molar-refractivity contribution in [2.24, 2.45) is 0 Å². The van der Waals surface area contributed by atoms with E-state index >= 15 is 0 Å². The van der Waals surface area contributed by atoms with E-state index in [2.05, 4.69) is 20.0 Å². The lowest BCUT2D eigenvalue weighted by Crippen LogP contribution is -2.15. The molecule has 0 spiro atoms. The van der Waals surface area contributed by atoms with Gasteiger partial charge in [-0.2, -0.15) is 4.98 Å². The van der Waals surface area contributed by atoms with Crippen LogP contribution in [0.4, 0.5) is 11.5 Å². The minimum Gasteiger partial charge on any atom is -0.489 e. The Morgan fingerprint density at radius 3 is 2.46 bits per heavy atom. The molecule has 1 aromatic heterocycles. The van der Waals surface area contributed by atoms with E-state index in [1.54, 1.807) is 0 Å². The van der Waals surface area contributed by atoms with Crippen molar-refractivity contribution in [1.82, 2.24) is 9.97 Å². The van der Waals surface area contributed by atoms with Crippen LogP contribution in [0.2, 0.25) is 0 Å². The van der Waals surface area contributed by atoms with E-state index < -0.39 is 10.0 Å². The zero-order chi connectivity index (χ0) is 19.2. The van der Waals surface area contributed by atoms with E-state index in [-0.39, 0.29) is 28.3 Å². The Morgan fingerprint density at radius 1 is 1.19 bits per heavy atom. The number of anilines is 2. The zero-order valence-corrected chi connectivity index (χ0v) is 15.5. The lowest BCUT2D eigenvalue weighted by atomic mass is 10.3. The van der Waals surface area contributed by atoms with Crippen LogP contribution in [0, 0.1) is 0 Å². The molecule has 0 aliphatic rings. The van der Waals surface area contributed by atoms with Gasteiger partial charge in [-0.25, -0.2) is 13.4 Å². The van der Waals surface area contributed by atoms with Crippen molar-refractivity contribution >= 4 is 27.4 Å². The summed E-state index contributed by atoms with van der Waals surface area (Å²) < 4.78 is 38.1. The Bertz CT molecular complexity index is 869. The fourth-order valence-electron chi connectivity index (χ4n) is 2.02. The van der Waals surface area contributed by atoms with Crippen molar-refractivity contribution in [2.75, 3.05) is 23.8 Å². The Balaban J connectivity index is 2.27. The van der Waals surface area contributed by atoms with E-state index in [0.717, 1.165) is 6.42 Å². The van der Waals surface area contributed by atoms with E-state index in [1.807, 2.05) is 6.92 Å². The molecule has 2 N–H and O–H groups in total. The number of rotatable bonds is 8. The summed E-state index contributed by atoms with van der Waals surface area (Å²) in [5.41, 5.74) is 0.492. The molecule has 1 aromatic carbocycles. The average molecular weight is 380 g/mol. The van der Waals surface area contributed by atoms with Crippen molar-refractivity contribution < 1.29 is 22.7 Å². The maximum Gasteiger partial charge on any atom is 0.263 e. The zero-order valence-electron chi connectivity index (χ0n) is 14.6. The standard InChI is InChI=1S/C16H20N4O5S/c1-4-9-25-16-14(24-3)15(17-10-18-16)20-26(22,23)13-7-5-12(6-8-13)19-11(2)21/h5-8,10H,4,9H2,1-3H3,(H,19,21)(H,17,18,20). The third-order valence-corrected chi connectivity index (χ3v) is 4.49. The summed E-state index contributed by atoms with van der Waals surface area (Å²) in [7, 11) is -2.54. The Morgan fingerprint density at radius 2 is 1.88 bits per heavy atom. The first-order valence-electron chi connectivity index (χ1n) is 7.79. The summed E-state index contributed by atoms with van der Waals surface area (Å²) >= 11 is 0. The normalized spacial score (nSPS) is 10.9. The molecular formula is C16H20N4O5S. The van der Waals surface area contributed by atoms with Gasteiger partial charge in [0.25, 0.3) is 15.9 Å². The highest BCUT2D eigenvalue weighted by Gasteiger charge is 2.21. The third-order valence-electron chi connectivity index (χ3n) is 3.13. The molecule has 26 heavy (non-hydrogen) atoms. The summed E-state index contributed by atoms with van der Waals surface area (Å²) in [6.45, 7) is 3.71. The highest BCUT2D eigenvalue weighted by atomic mass is 32.2. The van der Waals surface area contributed by atoms with Crippen molar-refractivity contribution in [3.8, 4) is 11.6 Å². The first kappa shape index (κ1) is 19.4. The number of aromatic nitrogens is 2. The molecule has 0 atom stereocenters. The molecular weight excluding hydrogens is 360 g/mol. The van der Waals surface area contributed by atoms with E-state index in [1.165, 1.54) is 44.6 Å². The molecule has 2 aromatic rings. The quantitative estimate of drug-likeness (QED) is 0.719. The Labute approximate surface area is 151 Å². The minimum absolute atomic E-state index is 0.00305. The van der Waals surface area contributed by atoms with Gasteiger partial charge in [-0.05, 0) is 30.7 Å². The predicted molar refractivity (Wildman–Crippen MR) is 95.9 cm³/mol. The average Bonchev–Trinajstić information content (AvgIpc) is 2.59. The van der Waals surface area contributed by atoms with Crippen LogP contribution in [-0.4, -0.2) is 38.0 Å². The number of amides is 1. The molecule has 1 amide bonds. The molecule has 0 aliphatic heterocycles. The maximum atomic E-state index is 12.6. The van der Waals surface area contributed by atoms with Crippen molar-refractivity contribution in [3.63, 3.8) is 0 Å². The highest BCUT2D eigenvalue weighted by molar-refractivity contribution is 7.92. The fourth-order valence-corrected chi connectivity index (χ4v) is 3.03. The summed E-state index contributed by atoms with van der Waals surface area (Å²) in [6.07, 6.45) is 1.94. The second kappa shape index (κ2) is 8.48. The van der Waals surface area contributed by atoms with Crippen molar-refractivity contribution in [3.05, 3.63) is 30.6 Å². The Hall–Kier alpha value is -2.88. The van der Waals surface area contributed by atoms with Gasteiger partial charge >= 0.3 is 0 Å².